The van der Waals surface area contributed by atoms with E-state index in [9.17, 15) is 4.79 Å². The molecule has 5 saturated carbocycles. The van der Waals surface area contributed by atoms with E-state index in [1.807, 2.05) is 6.20 Å². The van der Waals surface area contributed by atoms with E-state index in [0.29, 0.717) is 11.9 Å². The van der Waals surface area contributed by atoms with Crippen molar-refractivity contribution in [1.82, 2.24) is 9.78 Å². The van der Waals surface area contributed by atoms with Gasteiger partial charge in [0.2, 0.25) is 5.91 Å². The van der Waals surface area contributed by atoms with Crippen molar-refractivity contribution in [2.75, 3.05) is 18.6 Å². The fourth-order valence-electron chi connectivity index (χ4n) is 8.89. The lowest BCUT2D eigenvalue weighted by Gasteiger charge is -2.55. The van der Waals surface area contributed by atoms with E-state index in [2.05, 4.69) is 104 Å². The Morgan fingerprint density at radius 2 is 1.63 bits per heavy atom. The molecule has 49 heavy (non-hydrogen) atoms. The van der Waals surface area contributed by atoms with Crippen LogP contribution in [0.2, 0.25) is 18.1 Å². The minimum absolute atomic E-state index is 0.0467. The lowest BCUT2D eigenvalue weighted by atomic mass is 9.51. The number of anilines is 1. The Balaban J connectivity index is 1.11. The standard InChI is InChI=1S/C42H59N3O3Si/c1-30-25-34(13-18-38(30)47-5)42-22-19-41(20-23-42,21-24-42)29-44(36-10-8-9-32(26-36)33-27-43-45(28-33)35-14-15-35)39(46)31-11-16-37(17-12-31)48-49(6,7)40(2,3)4/h8-10,13,18,25-28,31,35,37H,11-12,14-17,19-24,29H2,1-7H3. The SMILES string of the molecule is COc1ccc(C23CCC(CN(C(=O)C4CCC(O[Si](C)(C)C(C)(C)C)CC4)c4cccc(-c5cnn(C6CC6)c5)c4)(CC2)CC3)cc1C. The Bertz CT molecular complexity index is 1630. The predicted octanol–water partition coefficient (Wildman–Crippen LogP) is 10.4. The number of benzene rings is 2. The Labute approximate surface area is 296 Å². The molecule has 6 nitrogen and oxygen atoms in total. The van der Waals surface area contributed by atoms with Crippen LogP contribution in [0.5, 0.6) is 5.75 Å². The molecule has 0 unspecified atom stereocenters. The summed E-state index contributed by atoms with van der Waals surface area (Å²) in [5.74, 6) is 1.34. The van der Waals surface area contributed by atoms with Gasteiger partial charge in [-0.1, -0.05) is 45.0 Å². The third-order valence-electron chi connectivity index (χ3n) is 13.5. The van der Waals surface area contributed by atoms with Crippen molar-refractivity contribution in [2.24, 2.45) is 11.3 Å². The van der Waals surface area contributed by atoms with Gasteiger partial charge in [-0.2, -0.15) is 5.10 Å². The molecule has 0 radical (unpaired) electrons. The van der Waals surface area contributed by atoms with Crippen LogP contribution in [0.15, 0.2) is 54.9 Å². The first-order valence-electron chi connectivity index (χ1n) is 19.1. The molecule has 5 fully saturated rings. The number of hydrogen-bond acceptors (Lipinski definition) is 4. The number of fused-ring (bicyclic) bond motifs is 3. The molecule has 0 aliphatic heterocycles. The smallest absolute Gasteiger partial charge is 0.230 e. The van der Waals surface area contributed by atoms with E-state index in [1.54, 1.807) is 7.11 Å². The van der Waals surface area contributed by atoms with Gasteiger partial charge in [0.25, 0.3) is 0 Å². The van der Waals surface area contributed by atoms with E-state index in [4.69, 9.17) is 9.16 Å². The number of ether oxygens (including phenoxy) is 1. The fourth-order valence-corrected chi connectivity index (χ4v) is 10.3. The van der Waals surface area contributed by atoms with Crippen molar-refractivity contribution in [3.8, 4) is 16.9 Å². The van der Waals surface area contributed by atoms with Gasteiger partial charge in [0.1, 0.15) is 5.75 Å². The molecule has 0 saturated heterocycles. The van der Waals surface area contributed by atoms with Crippen LogP contribution >= 0.6 is 0 Å². The summed E-state index contributed by atoms with van der Waals surface area (Å²) in [6.07, 6.45) is 17.8. The van der Waals surface area contributed by atoms with E-state index < -0.39 is 8.32 Å². The Kier molecular flexibility index (Phi) is 9.17. The van der Waals surface area contributed by atoms with Crippen molar-refractivity contribution >= 4 is 19.9 Å². The monoisotopic (exact) mass is 681 g/mol. The zero-order valence-corrected chi connectivity index (χ0v) is 32.2. The minimum atomic E-state index is -1.84. The molecule has 2 bridgehead atoms. The highest BCUT2D eigenvalue weighted by Gasteiger charge is 2.51. The maximum atomic E-state index is 14.8. The highest BCUT2D eigenvalue weighted by Crippen LogP contribution is 2.58. The summed E-state index contributed by atoms with van der Waals surface area (Å²) in [7, 11) is -0.0849. The quantitative estimate of drug-likeness (QED) is 0.200. The predicted molar refractivity (Wildman–Crippen MR) is 202 cm³/mol. The Morgan fingerprint density at radius 1 is 0.939 bits per heavy atom. The molecule has 264 valence electrons. The molecule has 1 heterocycles. The number of rotatable bonds is 10. The zero-order valence-electron chi connectivity index (χ0n) is 31.2. The average Bonchev–Trinajstić information content (AvgIpc) is 3.83. The van der Waals surface area contributed by atoms with Crippen LogP contribution in [-0.4, -0.2) is 43.8 Å². The highest BCUT2D eigenvalue weighted by molar-refractivity contribution is 6.74. The van der Waals surface area contributed by atoms with Crippen molar-refractivity contribution in [3.63, 3.8) is 0 Å². The number of amides is 1. The molecule has 7 heteroatoms. The molecule has 1 amide bonds. The number of aromatic nitrogens is 2. The van der Waals surface area contributed by atoms with Gasteiger partial charge >= 0.3 is 0 Å². The maximum Gasteiger partial charge on any atom is 0.230 e. The van der Waals surface area contributed by atoms with E-state index in [1.165, 1.54) is 62.5 Å². The van der Waals surface area contributed by atoms with Crippen LogP contribution in [0.4, 0.5) is 5.69 Å². The summed E-state index contributed by atoms with van der Waals surface area (Å²) in [6.45, 7) is 14.6. The van der Waals surface area contributed by atoms with E-state index >= 15 is 0 Å². The van der Waals surface area contributed by atoms with Crippen LogP contribution in [0.25, 0.3) is 11.1 Å². The number of aryl methyl sites for hydroxylation is 1. The molecule has 0 N–H and O–H groups in total. The fraction of sp³-hybridized carbons (Fsp3) is 0.619. The second-order valence-corrected chi connectivity index (χ2v) is 22.5. The van der Waals surface area contributed by atoms with Gasteiger partial charge in [-0.25, -0.2) is 0 Å². The van der Waals surface area contributed by atoms with Gasteiger partial charge in [0.15, 0.2) is 8.32 Å². The van der Waals surface area contributed by atoms with Gasteiger partial charge < -0.3 is 14.1 Å². The average molecular weight is 682 g/mol. The number of carbonyl (C=O) groups is 1. The normalized spacial score (nSPS) is 27.2. The zero-order chi connectivity index (χ0) is 34.6. The third kappa shape index (κ3) is 6.91. The van der Waals surface area contributed by atoms with Gasteiger partial charge in [-0.3, -0.25) is 9.48 Å². The molecular weight excluding hydrogens is 623 g/mol. The molecule has 8 rings (SSSR count). The summed E-state index contributed by atoms with van der Waals surface area (Å²) < 4.78 is 14.5. The van der Waals surface area contributed by atoms with E-state index in [0.717, 1.165) is 54.8 Å². The highest BCUT2D eigenvalue weighted by atomic mass is 28.4. The lowest BCUT2D eigenvalue weighted by Crippen LogP contribution is -2.52. The van der Waals surface area contributed by atoms with Crippen LogP contribution in [-0.2, 0) is 14.6 Å². The second-order valence-electron chi connectivity index (χ2n) is 17.7. The second kappa shape index (κ2) is 13.0. The molecular formula is C42H59N3O3Si. The topological polar surface area (TPSA) is 56.6 Å². The first-order valence-corrected chi connectivity index (χ1v) is 22.0. The summed E-state index contributed by atoms with van der Waals surface area (Å²) in [6, 6.07) is 16.1. The van der Waals surface area contributed by atoms with E-state index in [-0.39, 0.29) is 27.9 Å². The number of hydrogen-bond donors (Lipinski definition) is 0. The van der Waals surface area contributed by atoms with Crippen LogP contribution < -0.4 is 9.64 Å². The van der Waals surface area contributed by atoms with Crippen LogP contribution in [0.3, 0.4) is 0 Å². The number of carbonyl (C=O) groups excluding carboxylic acids is 1. The third-order valence-corrected chi connectivity index (χ3v) is 18.0. The van der Waals surface area contributed by atoms with Crippen molar-refractivity contribution < 1.29 is 14.0 Å². The van der Waals surface area contributed by atoms with Gasteiger partial charge in [0, 0.05) is 36.0 Å². The van der Waals surface area contributed by atoms with Crippen LogP contribution in [0.1, 0.15) is 115 Å². The summed E-state index contributed by atoms with van der Waals surface area (Å²) >= 11 is 0. The Hall–Kier alpha value is -2.90. The molecule has 2 aromatic carbocycles. The first kappa shape index (κ1) is 34.5. The van der Waals surface area contributed by atoms with Crippen LogP contribution in [0, 0.1) is 18.3 Å². The summed E-state index contributed by atoms with van der Waals surface area (Å²) in [4.78, 5) is 17.0. The van der Waals surface area contributed by atoms with Crippen molar-refractivity contribution in [3.05, 3.63) is 66.0 Å². The molecule has 3 aromatic rings. The van der Waals surface area contributed by atoms with Gasteiger partial charge in [0.05, 0.1) is 19.3 Å². The largest absolute Gasteiger partial charge is 0.496 e. The molecule has 5 aliphatic carbocycles. The molecule has 0 spiro atoms. The molecule has 5 aliphatic rings. The Morgan fingerprint density at radius 3 is 2.24 bits per heavy atom. The lowest BCUT2D eigenvalue weighted by molar-refractivity contribution is -0.124. The first-order chi connectivity index (χ1) is 23.3. The molecule has 1 aromatic heterocycles. The van der Waals surface area contributed by atoms with Gasteiger partial charge in [-0.05, 0) is 148 Å². The summed E-state index contributed by atoms with van der Waals surface area (Å²) in [5.41, 5.74) is 6.43. The number of nitrogens with zero attached hydrogens (tertiary/aromatic N) is 3. The summed E-state index contributed by atoms with van der Waals surface area (Å²) in [5, 5.41) is 4.87. The molecule has 0 atom stereocenters. The maximum absolute atomic E-state index is 14.8. The number of methoxy groups -OCH3 is 1. The van der Waals surface area contributed by atoms with Gasteiger partial charge in [-0.15, -0.1) is 0 Å². The van der Waals surface area contributed by atoms with Crippen molar-refractivity contribution in [2.45, 2.75) is 140 Å². The van der Waals surface area contributed by atoms with Crippen molar-refractivity contribution in [1.29, 1.82) is 0 Å². The minimum Gasteiger partial charge on any atom is -0.496 e.